The molecule has 1 aromatic heterocycles. The average molecular weight is 216 g/mol. The molecule has 1 aromatic rings. The van der Waals surface area contributed by atoms with E-state index in [2.05, 4.69) is 21.8 Å². The summed E-state index contributed by atoms with van der Waals surface area (Å²) in [6.07, 6.45) is 5.72. The molecule has 0 aliphatic carbocycles. The van der Waals surface area contributed by atoms with Crippen molar-refractivity contribution in [3.8, 4) is 0 Å². The van der Waals surface area contributed by atoms with E-state index in [1.165, 1.54) is 18.6 Å². The molecule has 0 fully saturated rings. The summed E-state index contributed by atoms with van der Waals surface area (Å²) in [6, 6.07) is 0.516. The molecular formula is C8H16N4OS. The van der Waals surface area contributed by atoms with E-state index in [9.17, 15) is 0 Å². The Morgan fingerprint density at radius 2 is 2.21 bits per heavy atom. The van der Waals surface area contributed by atoms with E-state index in [1.54, 1.807) is 0 Å². The molecule has 5 nitrogen and oxygen atoms in total. The maximum absolute atomic E-state index is 5.27. The summed E-state index contributed by atoms with van der Waals surface area (Å²) in [5.41, 5.74) is 5.27. The van der Waals surface area contributed by atoms with E-state index < -0.39 is 0 Å². The zero-order chi connectivity index (χ0) is 10.2. The molecule has 80 valence electrons. The minimum Gasteiger partial charge on any atom is -0.390 e. The number of rotatable bonds is 7. The van der Waals surface area contributed by atoms with Gasteiger partial charge in [0.1, 0.15) is 0 Å². The minimum atomic E-state index is 0.106. The molecule has 1 heterocycles. The lowest BCUT2D eigenvalue weighted by Crippen LogP contribution is -2.01. The van der Waals surface area contributed by atoms with Crippen molar-refractivity contribution in [1.29, 1.82) is 0 Å². The van der Waals surface area contributed by atoms with Crippen LogP contribution in [-0.4, -0.2) is 28.8 Å². The van der Waals surface area contributed by atoms with Gasteiger partial charge in [-0.25, -0.2) is 0 Å². The first-order valence-corrected chi connectivity index (χ1v) is 6.04. The Hall–Kier alpha value is -0.910. The van der Waals surface area contributed by atoms with Gasteiger partial charge in [0.05, 0.1) is 0 Å². The highest BCUT2D eigenvalue weighted by Crippen LogP contribution is 2.07. The monoisotopic (exact) mass is 216 g/mol. The molecule has 0 aliphatic rings. The molecule has 0 aromatic carbocycles. The van der Waals surface area contributed by atoms with Crippen LogP contribution in [0.5, 0.6) is 0 Å². The number of hydrogen-bond acceptors (Lipinski definition) is 6. The fourth-order valence-corrected chi connectivity index (χ4v) is 1.54. The summed E-state index contributed by atoms with van der Waals surface area (Å²) >= 11 is 1.88. The Labute approximate surface area is 87.8 Å². The lowest BCUT2D eigenvalue weighted by atomic mass is 10.2. The molecule has 0 bridgehead atoms. The van der Waals surface area contributed by atoms with Gasteiger partial charge >= 0.3 is 12.0 Å². The summed E-state index contributed by atoms with van der Waals surface area (Å²) in [6.45, 7) is 0.857. The highest BCUT2D eigenvalue weighted by Gasteiger charge is 1.99. The van der Waals surface area contributed by atoms with Crippen LogP contribution in [0.4, 0.5) is 12.0 Å². The smallest absolute Gasteiger partial charge is 0.316 e. The zero-order valence-electron chi connectivity index (χ0n) is 8.32. The molecular weight excluding hydrogens is 200 g/mol. The minimum absolute atomic E-state index is 0.106. The number of unbranched alkanes of at least 4 members (excludes halogenated alkanes) is 2. The van der Waals surface area contributed by atoms with E-state index in [0.717, 1.165) is 13.0 Å². The molecule has 0 aliphatic heterocycles. The van der Waals surface area contributed by atoms with Gasteiger partial charge in [-0.2, -0.15) is 11.8 Å². The highest BCUT2D eigenvalue weighted by atomic mass is 32.2. The molecule has 14 heavy (non-hydrogen) atoms. The Balaban J connectivity index is 1.99. The van der Waals surface area contributed by atoms with Gasteiger partial charge in [0.15, 0.2) is 0 Å². The Bertz CT molecular complexity index is 253. The van der Waals surface area contributed by atoms with Gasteiger partial charge in [-0.1, -0.05) is 16.6 Å². The molecule has 6 heteroatoms. The van der Waals surface area contributed by atoms with Crippen LogP contribution in [0.2, 0.25) is 0 Å². The fraction of sp³-hybridized carbons (Fsp3) is 0.750. The quantitative estimate of drug-likeness (QED) is 0.674. The lowest BCUT2D eigenvalue weighted by molar-refractivity contribution is 0.583. The van der Waals surface area contributed by atoms with Crippen molar-refractivity contribution in [3.05, 3.63) is 0 Å². The van der Waals surface area contributed by atoms with Crippen molar-refractivity contribution in [2.45, 2.75) is 19.3 Å². The average Bonchev–Trinajstić information content (AvgIpc) is 2.58. The molecule has 0 saturated heterocycles. The van der Waals surface area contributed by atoms with Gasteiger partial charge in [0, 0.05) is 6.54 Å². The number of aromatic nitrogens is 2. The van der Waals surface area contributed by atoms with E-state index >= 15 is 0 Å². The second-order valence-electron chi connectivity index (χ2n) is 2.93. The Kier molecular flexibility index (Phi) is 5.21. The van der Waals surface area contributed by atoms with Crippen LogP contribution < -0.4 is 11.1 Å². The number of hydrogen-bond donors (Lipinski definition) is 2. The van der Waals surface area contributed by atoms with Crippen molar-refractivity contribution >= 4 is 23.8 Å². The molecule has 0 saturated carbocycles. The van der Waals surface area contributed by atoms with Crippen LogP contribution >= 0.6 is 11.8 Å². The summed E-state index contributed by atoms with van der Waals surface area (Å²) in [7, 11) is 0. The van der Waals surface area contributed by atoms with Gasteiger partial charge in [0.2, 0.25) is 0 Å². The van der Waals surface area contributed by atoms with Crippen molar-refractivity contribution in [2.75, 3.05) is 29.6 Å². The van der Waals surface area contributed by atoms with Crippen LogP contribution in [0.15, 0.2) is 4.42 Å². The topological polar surface area (TPSA) is 77.0 Å². The predicted molar refractivity (Wildman–Crippen MR) is 59.4 cm³/mol. The van der Waals surface area contributed by atoms with Crippen LogP contribution in [0, 0.1) is 0 Å². The van der Waals surface area contributed by atoms with Crippen molar-refractivity contribution < 1.29 is 4.42 Å². The summed E-state index contributed by atoms with van der Waals surface area (Å²) in [5, 5.41) is 10.2. The van der Waals surface area contributed by atoms with E-state index in [0.29, 0.717) is 6.01 Å². The Morgan fingerprint density at radius 3 is 2.86 bits per heavy atom. The first-order valence-electron chi connectivity index (χ1n) is 4.64. The predicted octanol–water partition coefficient (Wildman–Crippen LogP) is 1.60. The van der Waals surface area contributed by atoms with E-state index in [1.807, 2.05) is 11.8 Å². The maximum atomic E-state index is 5.27. The third-order valence-electron chi connectivity index (χ3n) is 1.74. The van der Waals surface area contributed by atoms with Crippen LogP contribution in [0.1, 0.15) is 19.3 Å². The first-order chi connectivity index (χ1) is 6.83. The van der Waals surface area contributed by atoms with Gasteiger partial charge in [-0.05, 0) is 24.9 Å². The number of nitrogens with two attached hydrogens (primary N) is 1. The van der Waals surface area contributed by atoms with E-state index in [-0.39, 0.29) is 6.01 Å². The van der Waals surface area contributed by atoms with Crippen molar-refractivity contribution in [3.63, 3.8) is 0 Å². The van der Waals surface area contributed by atoms with E-state index in [4.69, 9.17) is 10.2 Å². The summed E-state index contributed by atoms with van der Waals surface area (Å²) in [5.74, 6) is 1.23. The van der Waals surface area contributed by atoms with Gasteiger partial charge < -0.3 is 15.5 Å². The molecule has 0 unspecified atom stereocenters. The van der Waals surface area contributed by atoms with Crippen LogP contribution in [-0.2, 0) is 0 Å². The molecule has 0 atom stereocenters. The molecule has 0 amide bonds. The van der Waals surface area contributed by atoms with Gasteiger partial charge in [-0.15, -0.1) is 0 Å². The Morgan fingerprint density at radius 1 is 1.36 bits per heavy atom. The van der Waals surface area contributed by atoms with Crippen molar-refractivity contribution in [2.24, 2.45) is 0 Å². The number of nitrogen functional groups attached to an aromatic ring is 1. The third kappa shape index (κ3) is 4.36. The molecule has 3 N–H and O–H groups in total. The van der Waals surface area contributed by atoms with Gasteiger partial charge in [0.25, 0.3) is 0 Å². The summed E-state index contributed by atoms with van der Waals surface area (Å²) in [4.78, 5) is 0. The second kappa shape index (κ2) is 6.53. The largest absolute Gasteiger partial charge is 0.390 e. The molecule has 0 radical (unpaired) electrons. The number of anilines is 2. The van der Waals surface area contributed by atoms with Crippen molar-refractivity contribution in [1.82, 2.24) is 10.2 Å². The number of thioether (sulfide) groups is 1. The molecule has 0 spiro atoms. The zero-order valence-corrected chi connectivity index (χ0v) is 9.14. The van der Waals surface area contributed by atoms with Gasteiger partial charge in [-0.3, -0.25) is 0 Å². The standard InChI is InChI=1S/C8H16N4OS/c1-14-6-4-2-3-5-10-8-12-11-7(9)13-8/h2-6H2,1H3,(H2,9,11)(H,10,12). The SMILES string of the molecule is CSCCCCCNc1nnc(N)o1. The lowest BCUT2D eigenvalue weighted by Gasteiger charge is -2.00. The second-order valence-corrected chi connectivity index (χ2v) is 3.91. The normalized spacial score (nSPS) is 10.4. The first kappa shape index (κ1) is 11.2. The number of nitrogens with zero attached hydrogens (tertiary/aromatic N) is 2. The van der Waals surface area contributed by atoms with Crippen LogP contribution in [0.25, 0.3) is 0 Å². The number of nitrogens with one attached hydrogen (secondary N) is 1. The fourth-order valence-electron chi connectivity index (χ4n) is 1.05. The highest BCUT2D eigenvalue weighted by molar-refractivity contribution is 7.98. The van der Waals surface area contributed by atoms with Crippen LogP contribution in [0.3, 0.4) is 0 Å². The third-order valence-corrected chi connectivity index (χ3v) is 2.44. The summed E-state index contributed by atoms with van der Waals surface area (Å²) < 4.78 is 4.95. The molecule has 1 rings (SSSR count). The maximum Gasteiger partial charge on any atom is 0.316 e.